The maximum absolute atomic E-state index is 13.1. The molecule has 0 heterocycles. The highest BCUT2D eigenvalue weighted by Crippen LogP contribution is 2.30. The lowest BCUT2D eigenvalue weighted by atomic mass is 9.99. The molecule has 2 N–H and O–H groups in total. The summed E-state index contributed by atoms with van der Waals surface area (Å²) in [4.78, 5) is 0. The summed E-state index contributed by atoms with van der Waals surface area (Å²) in [5.74, 6) is 0.111. The number of nitrogens with two attached hydrogens (primary N) is 1. The van der Waals surface area contributed by atoms with Crippen molar-refractivity contribution in [3.8, 4) is 5.75 Å². The van der Waals surface area contributed by atoms with Crippen LogP contribution in [0, 0.1) is 5.82 Å². The molecule has 0 aliphatic carbocycles. The minimum absolute atomic E-state index is 0.0487. The monoisotopic (exact) mass is 299 g/mol. The molecule has 1 atom stereocenters. The van der Waals surface area contributed by atoms with Crippen LogP contribution in [0.25, 0.3) is 0 Å². The molecule has 0 spiro atoms. The van der Waals surface area contributed by atoms with Gasteiger partial charge >= 0.3 is 0 Å². The molecule has 0 fully saturated rings. The third-order valence-electron chi connectivity index (χ3n) is 2.84. The van der Waals surface area contributed by atoms with Crippen molar-refractivity contribution in [3.63, 3.8) is 0 Å². The zero-order valence-corrected chi connectivity index (χ0v) is 11.7. The summed E-state index contributed by atoms with van der Waals surface area (Å²) >= 11 is 11.8. The second kappa shape index (κ2) is 5.78. The van der Waals surface area contributed by atoms with Gasteiger partial charge in [0.15, 0.2) is 0 Å². The van der Waals surface area contributed by atoms with Gasteiger partial charge in [-0.3, -0.25) is 0 Å². The molecule has 0 aliphatic heterocycles. The number of halogens is 3. The average Bonchev–Trinajstić information content (AvgIpc) is 2.41. The quantitative estimate of drug-likeness (QED) is 0.922. The van der Waals surface area contributed by atoms with Gasteiger partial charge in [-0.25, -0.2) is 4.39 Å². The predicted octanol–water partition coefficient (Wildman–Crippen LogP) is 4.19. The van der Waals surface area contributed by atoms with Crippen LogP contribution < -0.4 is 10.5 Å². The van der Waals surface area contributed by atoms with Crippen LogP contribution in [0.15, 0.2) is 36.4 Å². The van der Waals surface area contributed by atoms with Gasteiger partial charge in [0.2, 0.25) is 0 Å². The van der Waals surface area contributed by atoms with Crippen LogP contribution >= 0.6 is 23.2 Å². The molecule has 0 amide bonds. The molecule has 0 saturated carbocycles. The van der Waals surface area contributed by atoms with Crippen molar-refractivity contribution in [2.24, 2.45) is 5.73 Å². The Labute approximate surface area is 120 Å². The summed E-state index contributed by atoms with van der Waals surface area (Å²) in [6.07, 6.45) is 0. The molecule has 2 nitrogen and oxygen atoms in total. The van der Waals surface area contributed by atoms with Gasteiger partial charge in [-0.15, -0.1) is 0 Å². The van der Waals surface area contributed by atoms with E-state index in [4.69, 9.17) is 33.7 Å². The lowest BCUT2D eigenvalue weighted by molar-refractivity contribution is 0.415. The van der Waals surface area contributed by atoms with Crippen LogP contribution in [0.5, 0.6) is 5.75 Å². The Bertz CT molecular complexity index is 604. The number of methoxy groups -OCH3 is 1. The summed E-state index contributed by atoms with van der Waals surface area (Å²) in [6.45, 7) is 0. The zero-order valence-electron chi connectivity index (χ0n) is 10.2. The molecule has 2 rings (SSSR count). The van der Waals surface area contributed by atoms with Crippen LogP contribution in [0.3, 0.4) is 0 Å². The largest absolute Gasteiger partial charge is 0.495 e. The zero-order chi connectivity index (χ0) is 14.0. The summed E-state index contributed by atoms with van der Waals surface area (Å²) in [7, 11) is 1.54. The lowest BCUT2D eigenvalue weighted by Crippen LogP contribution is -2.12. The highest BCUT2D eigenvalue weighted by molar-refractivity contribution is 6.32. The van der Waals surface area contributed by atoms with Gasteiger partial charge in [0.25, 0.3) is 0 Å². The van der Waals surface area contributed by atoms with E-state index in [1.807, 2.05) is 6.07 Å². The number of hydrogen-bond acceptors (Lipinski definition) is 2. The number of ether oxygens (including phenoxy) is 1. The molecule has 2 aromatic rings. The normalized spacial score (nSPS) is 12.3. The minimum Gasteiger partial charge on any atom is -0.495 e. The fourth-order valence-electron chi connectivity index (χ4n) is 1.77. The molecule has 5 heteroatoms. The fraction of sp³-hybridized carbons (Fsp3) is 0.143. The topological polar surface area (TPSA) is 35.2 Å². The molecule has 0 aromatic heterocycles. The van der Waals surface area contributed by atoms with Crippen molar-refractivity contribution in [2.45, 2.75) is 6.04 Å². The molecule has 0 aliphatic rings. The molecule has 100 valence electrons. The Kier molecular flexibility index (Phi) is 4.30. The summed E-state index contributed by atoms with van der Waals surface area (Å²) < 4.78 is 18.2. The maximum Gasteiger partial charge on any atom is 0.141 e. The summed E-state index contributed by atoms with van der Waals surface area (Å²) in [5, 5.41) is 0.524. The number of rotatable bonds is 3. The molecule has 0 radical (unpaired) electrons. The van der Waals surface area contributed by atoms with Gasteiger partial charge in [0, 0.05) is 0 Å². The van der Waals surface area contributed by atoms with E-state index < -0.39 is 11.9 Å². The number of hydrogen-bond donors (Lipinski definition) is 1. The Hall–Kier alpha value is -1.29. The first kappa shape index (κ1) is 14.1. The van der Waals surface area contributed by atoms with E-state index in [1.165, 1.54) is 12.1 Å². The first-order valence-corrected chi connectivity index (χ1v) is 6.32. The first-order valence-electron chi connectivity index (χ1n) is 5.57. The maximum atomic E-state index is 13.1. The molecular weight excluding hydrogens is 288 g/mol. The van der Waals surface area contributed by atoms with Crippen molar-refractivity contribution < 1.29 is 9.13 Å². The molecular formula is C14H12Cl2FNO. The number of benzene rings is 2. The Morgan fingerprint density at radius 3 is 2.16 bits per heavy atom. The van der Waals surface area contributed by atoms with Gasteiger partial charge in [0.1, 0.15) is 11.6 Å². The van der Waals surface area contributed by atoms with E-state index in [9.17, 15) is 4.39 Å². The van der Waals surface area contributed by atoms with Crippen molar-refractivity contribution in [1.29, 1.82) is 0 Å². The van der Waals surface area contributed by atoms with Crippen LogP contribution in [0.1, 0.15) is 17.2 Å². The third kappa shape index (κ3) is 3.00. The van der Waals surface area contributed by atoms with Gasteiger partial charge < -0.3 is 10.5 Å². The van der Waals surface area contributed by atoms with Crippen LogP contribution in [0.4, 0.5) is 4.39 Å². The Balaban J connectivity index is 2.35. The summed E-state index contributed by atoms with van der Waals surface area (Å²) in [6, 6.07) is 9.26. The molecule has 1 unspecified atom stereocenters. The smallest absolute Gasteiger partial charge is 0.141 e. The van der Waals surface area contributed by atoms with Crippen LogP contribution in [-0.2, 0) is 0 Å². The summed E-state index contributed by atoms with van der Waals surface area (Å²) in [5.41, 5.74) is 7.63. The van der Waals surface area contributed by atoms with E-state index in [0.717, 1.165) is 5.56 Å². The highest BCUT2D eigenvalue weighted by Gasteiger charge is 2.13. The third-order valence-corrected chi connectivity index (χ3v) is 3.42. The second-order valence-electron chi connectivity index (χ2n) is 4.05. The van der Waals surface area contributed by atoms with E-state index in [-0.39, 0.29) is 5.02 Å². The van der Waals surface area contributed by atoms with E-state index >= 15 is 0 Å². The van der Waals surface area contributed by atoms with Gasteiger partial charge in [-0.05, 0) is 35.4 Å². The molecule has 0 saturated heterocycles. The molecule has 0 bridgehead atoms. The van der Waals surface area contributed by atoms with Gasteiger partial charge in [-0.2, -0.15) is 0 Å². The SMILES string of the molecule is COc1ccc(C(N)c2ccc(F)c(Cl)c2)cc1Cl. The standard InChI is InChI=1S/C14H12Cl2FNO/c1-19-13-5-3-9(7-11(13)16)14(18)8-2-4-12(17)10(15)6-8/h2-7,14H,18H2,1H3. The highest BCUT2D eigenvalue weighted by atomic mass is 35.5. The van der Waals surface area contributed by atoms with Crippen molar-refractivity contribution in [3.05, 3.63) is 63.4 Å². The minimum atomic E-state index is -0.467. The van der Waals surface area contributed by atoms with E-state index in [2.05, 4.69) is 0 Å². The van der Waals surface area contributed by atoms with E-state index in [0.29, 0.717) is 16.3 Å². The predicted molar refractivity (Wildman–Crippen MR) is 75.4 cm³/mol. The Morgan fingerprint density at radius 2 is 1.63 bits per heavy atom. The lowest BCUT2D eigenvalue weighted by Gasteiger charge is -2.14. The van der Waals surface area contributed by atoms with Gasteiger partial charge in [0.05, 0.1) is 23.2 Å². The first-order chi connectivity index (χ1) is 9.02. The Morgan fingerprint density at radius 1 is 1.05 bits per heavy atom. The van der Waals surface area contributed by atoms with Crippen molar-refractivity contribution in [2.75, 3.05) is 7.11 Å². The van der Waals surface area contributed by atoms with Gasteiger partial charge in [-0.1, -0.05) is 35.3 Å². The molecule has 2 aromatic carbocycles. The van der Waals surface area contributed by atoms with Crippen molar-refractivity contribution >= 4 is 23.2 Å². The van der Waals surface area contributed by atoms with E-state index in [1.54, 1.807) is 25.3 Å². The van der Waals surface area contributed by atoms with Crippen LogP contribution in [0.2, 0.25) is 10.0 Å². The second-order valence-corrected chi connectivity index (χ2v) is 4.86. The average molecular weight is 300 g/mol. The fourth-order valence-corrected chi connectivity index (χ4v) is 2.23. The van der Waals surface area contributed by atoms with Crippen LogP contribution in [-0.4, -0.2) is 7.11 Å². The molecule has 19 heavy (non-hydrogen) atoms. The van der Waals surface area contributed by atoms with Crippen molar-refractivity contribution in [1.82, 2.24) is 0 Å².